The Morgan fingerprint density at radius 2 is 2.00 bits per heavy atom. The predicted octanol–water partition coefficient (Wildman–Crippen LogP) is 3.64. The number of aromatic nitrogens is 1. The summed E-state index contributed by atoms with van der Waals surface area (Å²) in [5.74, 6) is -0.291. The van der Waals surface area contributed by atoms with E-state index in [0.717, 1.165) is 25.9 Å². The number of halogens is 1. The van der Waals surface area contributed by atoms with Crippen LogP contribution in [0.4, 0.5) is 10.4 Å². The van der Waals surface area contributed by atoms with E-state index in [-0.39, 0.29) is 11.4 Å². The third kappa shape index (κ3) is 3.18. The number of hydrogen-bond donors (Lipinski definition) is 1. The van der Waals surface area contributed by atoms with Crippen LogP contribution in [0.25, 0.3) is 11.1 Å². The Balaban J connectivity index is 1.64. The average molecular weight is 291 g/mol. The third-order valence-electron chi connectivity index (χ3n) is 4.12. The van der Waals surface area contributed by atoms with Gasteiger partial charge in [-0.25, -0.2) is 4.39 Å². The van der Waals surface area contributed by atoms with Gasteiger partial charge in [0.1, 0.15) is 11.3 Å². The third-order valence-corrected chi connectivity index (χ3v) is 4.12. The monoisotopic (exact) mass is 291 g/mol. The maximum atomic E-state index is 13.2. The largest absolute Gasteiger partial charge is 0.424 e. The second kappa shape index (κ2) is 5.30. The smallest absolute Gasteiger partial charge is 0.295 e. The molecule has 2 aromatic rings. The number of fused-ring (bicyclic) bond motifs is 1. The summed E-state index contributed by atoms with van der Waals surface area (Å²) in [6.45, 7) is 8.87. The Bertz CT molecular complexity index is 624. The lowest BCUT2D eigenvalue weighted by Crippen LogP contribution is -2.48. The highest BCUT2D eigenvalue weighted by molar-refractivity contribution is 5.74. The molecular weight excluding hydrogens is 269 g/mol. The number of piperidine rings is 1. The fraction of sp³-hybridized carbons (Fsp3) is 0.562. The molecule has 21 heavy (non-hydrogen) atoms. The highest BCUT2D eigenvalue weighted by Gasteiger charge is 2.27. The summed E-state index contributed by atoms with van der Waals surface area (Å²) in [6, 6.07) is 5.25. The lowest BCUT2D eigenvalue weighted by molar-refractivity contribution is 0.106. The van der Waals surface area contributed by atoms with Crippen molar-refractivity contribution in [2.45, 2.75) is 45.2 Å². The summed E-state index contributed by atoms with van der Waals surface area (Å²) in [7, 11) is 0. The number of likely N-dealkylation sites (tertiary alicyclic amines) is 1. The Morgan fingerprint density at radius 1 is 1.29 bits per heavy atom. The molecular formula is C16H22FN3O. The summed E-state index contributed by atoms with van der Waals surface area (Å²) < 4.78 is 18.8. The standard InChI is InChI=1S/C16H22FN3O/c1-16(2,3)20-8-6-12(7-9-20)18-15-19-13-10-11(17)4-5-14(13)21-15/h4-5,10,12H,6-9H2,1-3H3,(H,18,19). The quantitative estimate of drug-likeness (QED) is 0.917. The molecule has 0 amide bonds. The molecule has 1 fully saturated rings. The molecule has 1 saturated heterocycles. The first-order valence-corrected chi connectivity index (χ1v) is 7.49. The van der Waals surface area contributed by atoms with E-state index < -0.39 is 0 Å². The van der Waals surface area contributed by atoms with Gasteiger partial charge >= 0.3 is 0 Å². The van der Waals surface area contributed by atoms with Crippen LogP contribution in [0, 0.1) is 5.82 Å². The zero-order valence-electron chi connectivity index (χ0n) is 12.8. The number of hydrogen-bond acceptors (Lipinski definition) is 4. The van der Waals surface area contributed by atoms with Crippen molar-refractivity contribution in [3.05, 3.63) is 24.0 Å². The first-order valence-electron chi connectivity index (χ1n) is 7.49. The number of benzene rings is 1. The topological polar surface area (TPSA) is 41.3 Å². The second-order valence-corrected chi connectivity index (χ2v) is 6.71. The molecule has 3 rings (SSSR count). The van der Waals surface area contributed by atoms with Crippen LogP contribution >= 0.6 is 0 Å². The van der Waals surface area contributed by atoms with Gasteiger partial charge in [-0.15, -0.1) is 0 Å². The minimum absolute atomic E-state index is 0.222. The van der Waals surface area contributed by atoms with Crippen molar-refractivity contribution < 1.29 is 8.81 Å². The number of anilines is 1. The Hall–Kier alpha value is -1.62. The van der Waals surface area contributed by atoms with Gasteiger partial charge in [0.25, 0.3) is 6.01 Å². The Labute approximate surface area is 124 Å². The fourth-order valence-electron chi connectivity index (χ4n) is 2.83. The molecule has 0 saturated carbocycles. The minimum atomic E-state index is -0.291. The molecule has 1 aliphatic rings. The molecule has 1 aliphatic heterocycles. The predicted molar refractivity (Wildman–Crippen MR) is 81.9 cm³/mol. The Kier molecular flexibility index (Phi) is 3.61. The van der Waals surface area contributed by atoms with Crippen molar-refractivity contribution in [2.24, 2.45) is 0 Å². The molecule has 1 N–H and O–H groups in total. The van der Waals surface area contributed by atoms with Gasteiger partial charge in [-0.3, -0.25) is 4.90 Å². The molecule has 0 radical (unpaired) electrons. The summed E-state index contributed by atoms with van der Waals surface area (Å²) in [5.41, 5.74) is 1.40. The van der Waals surface area contributed by atoms with Crippen LogP contribution in [-0.4, -0.2) is 34.6 Å². The van der Waals surface area contributed by atoms with Gasteiger partial charge in [0.15, 0.2) is 5.58 Å². The van der Waals surface area contributed by atoms with Gasteiger partial charge in [-0.1, -0.05) is 0 Å². The lowest BCUT2D eigenvalue weighted by Gasteiger charge is -2.40. The van der Waals surface area contributed by atoms with Crippen molar-refractivity contribution >= 4 is 17.1 Å². The van der Waals surface area contributed by atoms with Crippen molar-refractivity contribution in [3.63, 3.8) is 0 Å². The zero-order chi connectivity index (χ0) is 15.0. The van der Waals surface area contributed by atoms with Crippen LogP contribution in [0.2, 0.25) is 0 Å². The average Bonchev–Trinajstić information content (AvgIpc) is 2.79. The maximum Gasteiger partial charge on any atom is 0.295 e. The van der Waals surface area contributed by atoms with Crippen molar-refractivity contribution in [2.75, 3.05) is 18.4 Å². The molecule has 0 aliphatic carbocycles. The summed E-state index contributed by atoms with van der Waals surface area (Å²) in [4.78, 5) is 6.80. The summed E-state index contributed by atoms with van der Waals surface area (Å²) >= 11 is 0. The van der Waals surface area contributed by atoms with E-state index in [0.29, 0.717) is 23.2 Å². The lowest BCUT2D eigenvalue weighted by atomic mass is 9.98. The molecule has 0 spiro atoms. The van der Waals surface area contributed by atoms with E-state index >= 15 is 0 Å². The zero-order valence-corrected chi connectivity index (χ0v) is 12.8. The van der Waals surface area contributed by atoms with Gasteiger partial charge < -0.3 is 9.73 Å². The number of nitrogens with one attached hydrogen (secondary N) is 1. The summed E-state index contributed by atoms with van der Waals surface area (Å²) in [6.07, 6.45) is 2.12. The minimum Gasteiger partial charge on any atom is -0.424 e. The SMILES string of the molecule is CC(C)(C)N1CCC(Nc2nc3cc(F)ccc3o2)CC1. The molecule has 114 valence electrons. The van der Waals surface area contributed by atoms with E-state index in [1.54, 1.807) is 6.07 Å². The van der Waals surface area contributed by atoms with Gasteiger partial charge in [0.05, 0.1) is 0 Å². The Morgan fingerprint density at radius 3 is 2.67 bits per heavy atom. The fourth-order valence-corrected chi connectivity index (χ4v) is 2.83. The van der Waals surface area contributed by atoms with Crippen molar-refractivity contribution in [3.8, 4) is 0 Å². The van der Waals surface area contributed by atoms with Gasteiger partial charge in [-0.05, 0) is 45.7 Å². The molecule has 4 nitrogen and oxygen atoms in total. The van der Waals surface area contributed by atoms with E-state index in [1.165, 1.54) is 12.1 Å². The van der Waals surface area contributed by atoms with Gasteiger partial charge in [0, 0.05) is 30.7 Å². The number of oxazole rings is 1. The van der Waals surface area contributed by atoms with Crippen LogP contribution in [0.15, 0.2) is 22.6 Å². The molecule has 0 bridgehead atoms. The van der Waals surface area contributed by atoms with Gasteiger partial charge in [-0.2, -0.15) is 4.98 Å². The van der Waals surface area contributed by atoms with Crippen LogP contribution in [0.5, 0.6) is 0 Å². The molecule has 1 aromatic carbocycles. The van der Waals surface area contributed by atoms with E-state index in [4.69, 9.17) is 4.42 Å². The van der Waals surface area contributed by atoms with Crippen LogP contribution in [-0.2, 0) is 0 Å². The van der Waals surface area contributed by atoms with Crippen LogP contribution < -0.4 is 5.32 Å². The molecule has 5 heteroatoms. The molecule has 0 unspecified atom stereocenters. The van der Waals surface area contributed by atoms with Crippen molar-refractivity contribution in [1.82, 2.24) is 9.88 Å². The number of nitrogens with zero attached hydrogens (tertiary/aromatic N) is 2. The molecule has 1 aromatic heterocycles. The van der Waals surface area contributed by atoms with Crippen LogP contribution in [0.1, 0.15) is 33.6 Å². The van der Waals surface area contributed by atoms with E-state index in [1.807, 2.05) is 0 Å². The van der Waals surface area contributed by atoms with Crippen LogP contribution in [0.3, 0.4) is 0 Å². The van der Waals surface area contributed by atoms with E-state index in [9.17, 15) is 4.39 Å². The first-order chi connectivity index (χ1) is 9.91. The van der Waals surface area contributed by atoms with Gasteiger partial charge in [0.2, 0.25) is 0 Å². The maximum absolute atomic E-state index is 13.2. The highest BCUT2D eigenvalue weighted by atomic mass is 19.1. The molecule has 2 heterocycles. The van der Waals surface area contributed by atoms with E-state index in [2.05, 4.69) is 36.0 Å². The highest BCUT2D eigenvalue weighted by Crippen LogP contribution is 2.24. The van der Waals surface area contributed by atoms with Crippen molar-refractivity contribution in [1.29, 1.82) is 0 Å². The number of rotatable bonds is 2. The first kappa shape index (κ1) is 14.3. The molecule has 0 atom stereocenters. The summed E-state index contributed by atoms with van der Waals surface area (Å²) in [5, 5.41) is 3.33. The second-order valence-electron chi connectivity index (χ2n) is 6.71. The normalized spacial score (nSPS) is 18.3.